The van der Waals surface area contributed by atoms with Crippen LogP contribution in [0.25, 0.3) is 5.69 Å². The summed E-state index contributed by atoms with van der Waals surface area (Å²) in [6, 6.07) is 5.85. The Morgan fingerprint density at radius 3 is 2.50 bits per heavy atom. The van der Waals surface area contributed by atoms with E-state index in [2.05, 4.69) is 22.0 Å². The minimum Gasteiger partial charge on any atom is -0.406 e. The fraction of sp³-hybridized carbons (Fsp3) is 0.500. The van der Waals surface area contributed by atoms with E-state index in [0.717, 1.165) is 56.1 Å². The van der Waals surface area contributed by atoms with Gasteiger partial charge in [0.1, 0.15) is 11.6 Å². The van der Waals surface area contributed by atoms with Crippen molar-refractivity contribution in [3.63, 3.8) is 0 Å². The minimum atomic E-state index is -4.68. The highest BCUT2D eigenvalue weighted by atomic mass is 19.4. The van der Waals surface area contributed by atoms with Crippen molar-refractivity contribution < 1.29 is 17.9 Å². The number of nitrogens with one attached hydrogen (secondary N) is 1. The van der Waals surface area contributed by atoms with Crippen LogP contribution in [-0.4, -0.2) is 47.7 Å². The Labute approximate surface area is 149 Å². The summed E-state index contributed by atoms with van der Waals surface area (Å²) < 4.78 is 42.7. The number of alkyl halides is 3. The lowest BCUT2D eigenvalue weighted by Gasteiger charge is -2.28. The molecule has 4 rings (SSSR count). The molecule has 1 saturated heterocycles. The van der Waals surface area contributed by atoms with Crippen LogP contribution in [0.4, 0.5) is 19.0 Å². The summed E-state index contributed by atoms with van der Waals surface area (Å²) in [7, 11) is 2.13. The molecule has 0 unspecified atom stereocenters. The van der Waals surface area contributed by atoms with E-state index in [1.807, 2.05) is 4.68 Å². The van der Waals surface area contributed by atoms with Crippen LogP contribution in [0.15, 0.2) is 24.3 Å². The van der Waals surface area contributed by atoms with Gasteiger partial charge in [-0.3, -0.25) is 0 Å². The second-order valence-electron chi connectivity index (χ2n) is 6.92. The number of hydrogen-bond acceptors (Lipinski definition) is 4. The first-order valence-corrected chi connectivity index (χ1v) is 8.81. The molecule has 0 bridgehead atoms. The largest absolute Gasteiger partial charge is 0.573 e. The SMILES string of the molecule is CN1CCC(c2nn(-c3ccc(OC(F)(F)F)cc3)c3c2CCN3)CC1. The van der Waals surface area contributed by atoms with Crippen LogP contribution < -0.4 is 10.1 Å². The number of nitrogens with zero attached hydrogens (tertiary/aromatic N) is 3. The Balaban J connectivity index is 1.62. The number of fused-ring (bicyclic) bond motifs is 1. The van der Waals surface area contributed by atoms with Crippen molar-refractivity contribution in [2.75, 3.05) is 32.0 Å². The topological polar surface area (TPSA) is 42.3 Å². The fourth-order valence-corrected chi connectivity index (χ4v) is 3.79. The molecule has 0 radical (unpaired) electrons. The van der Waals surface area contributed by atoms with Gasteiger partial charge in [-0.1, -0.05) is 0 Å². The molecular weight excluding hydrogens is 345 g/mol. The van der Waals surface area contributed by atoms with Gasteiger partial charge >= 0.3 is 6.36 Å². The van der Waals surface area contributed by atoms with E-state index in [0.29, 0.717) is 5.92 Å². The molecule has 1 fully saturated rings. The Morgan fingerprint density at radius 1 is 1.15 bits per heavy atom. The van der Waals surface area contributed by atoms with Gasteiger partial charge in [-0.2, -0.15) is 5.10 Å². The Bertz CT molecular complexity index is 777. The Kier molecular flexibility index (Phi) is 4.30. The van der Waals surface area contributed by atoms with Gasteiger partial charge < -0.3 is 15.0 Å². The molecule has 0 aliphatic carbocycles. The lowest BCUT2D eigenvalue weighted by atomic mass is 9.91. The van der Waals surface area contributed by atoms with Crippen molar-refractivity contribution in [3.05, 3.63) is 35.5 Å². The number of hydrogen-bond donors (Lipinski definition) is 1. The van der Waals surface area contributed by atoms with Gasteiger partial charge in [-0.25, -0.2) is 4.68 Å². The Hall–Kier alpha value is -2.22. The first-order valence-electron chi connectivity index (χ1n) is 8.81. The molecule has 0 saturated carbocycles. The summed E-state index contributed by atoms with van der Waals surface area (Å²) in [6.45, 7) is 2.98. The third kappa shape index (κ3) is 3.38. The molecule has 1 N–H and O–H groups in total. The van der Waals surface area contributed by atoms with Crippen molar-refractivity contribution in [1.82, 2.24) is 14.7 Å². The monoisotopic (exact) mass is 366 g/mol. The molecule has 140 valence electrons. The second-order valence-corrected chi connectivity index (χ2v) is 6.92. The predicted molar refractivity (Wildman–Crippen MR) is 91.9 cm³/mol. The fourth-order valence-electron chi connectivity index (χ4n) is 3.79. The maximum Gasteiger partial charge on any atom is 0.573 e. The van der Waals surface area contributed by atoms with E-state index in [9.17, 15) is 13.2 Å². The summed E-state index contributed by atoms with van der Waals surface area (Å²) in [6.07, 6.45) is -1.58. The summed E-state index contributed by atoms with van der Waals surface area (Å²) >= 11 is 0. The molecule has 8 heteroatoms. The maximum absolute atomic E-state index is 12.3. The normalized spacial score (nSPS) is 18.6. The number of halogens is 3. The first kappa shape index (κ1) is 17.2. The van der Waals surface area contributed by atoms with Gasteiger partial charge in [-0.15, -0.1) is 13.2 Å². The van der Waals surface area contributed by atoms with Gasteiger partial charge in [0.05, 0.1) is 11.4 Å². The number of anilines is 1. The number of benzene rings is 1. The molecule has 0 spiro atoms. The van der Waals surface area contributed by atoms with Crippen molar-refractivity contribution >= 4 is 5.82 Å². The molecule has 1 aromatic heterocycles. The number of likely N-dealkylation sites (tertiary alicyclic amines) is 1. The lowest BCUT2D eigenvalue weighted by Crippen LogP contribution is -2.29. The van der Waals surface area contributed by atoms with Crippen molar-refractivity contribution in [2.24, 2.45) is 0 Å². The zero-order valence-corrected chi connectivity index (χ0v) is 14.5. The number of aromatic nitrogens is 2. The minimum absolute atomic E-state index is 0.228. The number of rotatable bonds is 3. The van der Waals surface area contributed by atoms with Crippen molar-refractivity contribution in [2.45, 2.75) is 31.5 Å². The lowest BCUT2D eigenvalue weighted by molar-refractivity contribution is -0.274. The summed E-state index contributed by atoms with van der Waals surface area (Å²) in [4.78, 5) is 2.32. The van der Waals surface area contributed by atoms with E-state index in [1.54, 1.807) is 12.1 Å². The molecule has 2 aliphatic heterocycles. The Morgan fingerprint density at radius 2 is 1.85 bits per heavy atom. The quantitative estimate of drug-likeness (QED) is 0.902. The summed E-state index contributed by atoms with van der Waals surface area (Å²) in [5, 5.41) is 8.19. The van der Waals surface area contributed by atoms with Gasteiger partial charge in [0, 0.05) is 18.0 Å². The number of ether oxygens (including phenoxy) is 1. The smallest absolute Gasteiger partial charge is 0.406 e. The zero-order chi connectivity index (χ0) is 18.3. The van der Waals surface area contributed by atoms with Crippen LogP contribution in [-0.2, 0) is 6.42 Å². The van der Waals surface area contributed by atoms with Crippen LogP contribution in [0.5, 0.6) is 5.75 Å². The van der Waals surface area contributed by atoms with Gasteiger partial charge in [0.25, 0.3) is 0 Å². The van der Waals surface area contributed by atoms with E-state index < -0.39 is 6.36 Å². The van der Waals surface area contributed by atoms with E-state index in [-0.39, 0.29) is 5.75 Å². The third-order valence-electron chi connectivity index (χ3n) is 5.10. The average molecular weight is 366 g/mol. The molecular formula is C18H21F3N4O. The second kappa shape index (κ2) is 6.50. The first-order chi connectivity index (χ1) is 12.4. The molecule has 2 aromatic rings. The van der Waals surface area contributed by atoms with Gasteiger partial charge in [0.2, 0.25) is 0 Å². The van der Waals surface area contributed by atoms with Crippen LogP contribution in [0.3, 0.4) is 0 Å². The third-order valence-corrected chi connectivity index (χ3v) is 5.10. The van der Waals surface area contributed by atoms with E-state index in [4.69, 9.17) is 5.10 Å². The molecule has 1 aromatic carbocycles. The number of piperidine rings is 1. The standard InChI is InChI=1S/C18H21F3N4O/c1-24-10-7-12(8-11-24)16-15-6-9-22-17(15)25(23-16)13-2-4-14(5-3-13)26-18(19,20)21/h2-5,12,22H,6-11H2,1H3. The van der Waals surface area contributed by atoms with Crippen molar-refractivity contribution in [1.29, 1.82) is 0 Å². The molecule has 0 atom stereocenters. The van der Waals surface area contributed by atoms with Gasteiger partial charge in [0.15, 0.2) is 0 Å². The van der Waals surface area contributed by atoms with E-state index in [1.165, 1.54) is 17.7 Å². The van der Waals surface area contributed by atoms with Crippen molar-refractivity contribution in [3.8, 4) is 11.4 Å². The predicted octanol–water partition coefficient (Wildman–Crippen LogP) is 3.55. The molecule has 5 nitrogen and oxygen atoms in total. The van der Waals surface area contributed by atoms with Gasteiger partial charge in [-0.05, 0) is 63.7 Å². The highest BCUT2D eigenvalue weighted by molar-refractivity contribution is 5.58. The molecule has 3 heterocycles. The van der Waals surface area contributed by atoms with E-state index >= 15 is 0 Å². The highest BCUT2D eigenvalue weighted by Gasteiger charge is 2.32. The maximum atomic E-state index is 12.3. The zero-order valence-electron chi connectivity index (χ0n) is 14.5. The van der Waals surface area contributed by atoms with Crippen LogP contribution in [0.2, 0.25) is 0 Å². The summed E-state index contributed by atoms with van der Waals surface area (Å²) in [5.41, 5.74) is 3.10. The molecule has 0 amide bonds. The summed E-state index contributed by atoms with van der Waals surface area (Å²) in [5.74, 6) is 1.17. The van der Waals surface area contributed by atoms with Crippen LogP contribution in [0, 0.1) is 0 Å². The molecule has 2 aliphatic rings. The van der Waals surface area contributed by atoms with Crippen LogP contribution in [0.1, 0.15) is 30.0 Å². The van der Waals surface area contributed by atoms with Crippen LogP contribution >= 0.6 is 0 Å². The molecule has 26 heavy (non-hydrogen) atoms. The highest BCUT2D eigenvalue weighted by Crippen LogP contribution is 2.37. The average Bonchev–Trinajstić information content (AvgIpc) is 3.18.